The van der Waals surface area contributed by atoms with Crippen LogP contribution in [0.25, 0.3) is 28.5 Å². The summed E-state index contributed by atoms with van der Waals surface area (Å²) in [4.78, 5) is 0. The van der Waals surface area contributed by atoms with E-state index in [1.807, 2.05) is 19.9 Å². The topological polar surface area (TPSA) is 62.9 Å². The lowest BCUT2D eigenvalue weighted by Crippen LogP contribution is -2.16. The molecule has 1 heterocycles. The van der Waals surface area contributed by atoms with E-state index in [1.54, 1.807) is 18.2 Å². The van der Waals surface area contributed by atoms with Crippen molar-refractivity contribution < 1.29 is 17.2 Å². The van der Waals surface area contributed by atoms with E-state index in [-0.39, 0.29) is 5.92 Å². The monoisotopic (exact) mass is 426 g/mol. The lowest BCUT2D eigenvalue weighted by atomic mass is 9.94. The fraction of sp³-hybridized carbons (Fsp3) is 0.174. The van der Waals surface area contributed by atoms with Crippen LogP contribution in [0, 0.1) is 23.0 Å². The molecule has 0 amide bonds. The molecular weight excluding hydrogens is 406 g/mol. The van der Waals surface area contributed by atoms with Gasteiger partial charge in [-0.2, -0.15) is 5.26 Å². The summed E-state index contributed by atoms with van der Waals surface area (Å²) in [5.74, 6) is -1.09. The van der Waals surface area contributed by atoms with Crippen molar-refractivity contribution in [1.29, 1.82) is 5.26 Å². The van der Waals surface area contributed by atoms with Crippen molar-refractivity contribution in [3.05, 3.63) is 77.5 Å². The first-order valence-corrected chi connectivity index (χ1v) is 11.1. The molecular formula is C23H20F2N2O2S. The van der Waals surface area contributed by atoms with E-state index in [1.165, 1.54) is 46.4 Å². The van der Waals surface area contributed by atoms with Gasteiger partial charge in [-0.25, -0.2) is 21.2 Å². The molecule has 0 saturated heterocycles. The molecule has 0 saturated carbocycles. The van der Waals surface area contributed by atoms with Crippen molar-refractivity contribution in [2.75, 3.05) is 6.26 Å². The smallest absolute Gasteiger partial charge is 0.236 e. The molecule has 4 nitrogen and oxygen atoms in total. The van der Waals surface area contributed by atoms with Crippen LogP contribution in [0.15, 0.2) is 54.6 Å². The van der Waals surface area contributed by atoms with Crippen LogP contribution in [-0.2, 0) is 10.0 Å². The molecule has 0 N–H and O–H groups in total. The molecule has 30 heavy (non-hydrogen) atoms. The summed E-state index contributed by atoms with van der Waals surface area (Å²) in [5, 5.41) is 9.09. The number of allylic oxidation sites excluding steroid dienone is 1. The number of aromatic nitrogens is 1. The van der Waals surface area contributed by atoms with E-state index in [0.29, 0.717) is 33.6 Å². The first-order chi connectivity index (χ1) is 14.1. The molecule has 7 heteroatoms. The van der Waals surface area contributed by atoms with Gasteiger partial charge in [0, 0.05) is 28.5 Å². The fourth-order valence-corrected chi connectivity index (χ4v) is 4.74. The van der Waals surface area contributed by atoms with Gasteiger partial charge < -0.3 is 0 Å². The van der Waals surface area contributed by atoms with Crippen LogP contribution >= 0.6 is 0 Å². The van der Waals surface area contributed by atoms with Crippen molar-refractivity contribution in [3.8, 4) is 28.5 Å². The Bertz CT molecular complexity index is 1250. The number of hydrogen-bond donors (Lipinski definition) is 0. The zero-order valence-electron chi connectivity index (χ0n) is 16.7. The molecule has 0 bridgehead atoms. The van der Waals surface area contributed by atoms with Gasteiger partial charge in [0.25, 0.3) is 0 Å². The van der Waals surface area contributed by atoms with Crippen LogP contribution in [0.5, 0.6) is 0 Å². The van der Waals surface area contributed by atoms with Crippen LogP contribution in [0.4, 0.5) is 8.78 Å². The van der Waals surface area contributed by atoms with E-state index >= 15 is 0 Å². The minimum atomic E-state index is -3.78. The minimum Gasteiger partial charge on any atom is -0.241 e. The Balaban J connectivity index is 2.57. The lowest BCUT2D eigenvalue weighted by molar-refractivity contribution is 0.590. The standard InChI is InChI=1S/C23H20F2N2O2S/c1-15(2)22-20(5-4-14-26)21(16-6-10-18(24)11-7-16)23(27(22)30(3,28)29)17-8-12-19(25)13-9-17/h4-13,15H,1-3H3. The van der Waals surface area contributed by atoms with Gasteiger partial charge in [0.15, 0.2) is 0 Å². The third-order valence-corrected chi connectivity index (χ3v) is 5.70. The average molecular weight is 426 g/mol. The second kappa shape index (κ2) is 8.25. The summed E-state index contributed by atoms with van der Waals surface area (Å²) in [6, 6.07) is 13.1. The van der Waals surface area contributed by atoms with Crippen molar-refractivity contribution in [1.82, 2.24) is 3.97 Å². The molecule has 0 aliphatic heterocycles. The van der Waals surface area contributed by atoms with E-state index in [4.69, 9.17) is 5.26 Å². The van der Waals surface area contributed by atoms with Crippen molar-refractivity contribution in [2.45, 2.75) is 19.8 Å². The van der Waals surface area contributed by atoms with E-state index in [0.717, 1.165) is 6.26 Å². The zero-order valence-corrected chi connectivity index (χ0v) is 17.5. The average Bonchev–Trinajstić information content (AvgIpc) is 3.03. The van der Waals surface area contributed by atoms with E-state index in [2.05, 4.69) is 0 Å². The van der Waals surface area contributed by atoms with E-state index in [9.17, 15) is 17.2 Å². The molecule has 0 atom stereocenters. The molecule has 3 rings (SSSR count). The van der Waals surface area contributed by atoms with Gasteiger partial charge in [0.1, 0.15) is 11.6 Å². The molecule has 0 aliphatic rings. The Morgan fingerprint density at radius 3 is 1.90 bits per heavy atom. The Kier molecular flexibility index (Phi) is 5.90. The van der Waals surface area contributed by atoms with Crippen molar-refractivity contribution in [2.24, 2.45) is 0 Å². The van der Waals surface area contributed by atoms with Crippen molar-refractivity contribution in [3.63, 3.8) is 0 Å². The summed E-state index contributed by atoms with van der Waals surface area (Å²) >= 11 is 0. The number of nitrogens with zero attached hydrogens (tertiary/aromatic N) is 2. The maximum Gasteiger partial charge on any atom is 0.236 e. The predicted molar refractivity (Wildman–Crippen MR) is 114 cm³/mol. The Morgan fingerprint density at radius 1 is 0.967 bits per heavy atom. The summed E-state index contributed by atoms with van der Waals surface area (Å²) in [7, 11) is -3.78. The highest BCUT2D eigenvalue weighted by atomic mass is 32.2. The molecule has 0 radical (unpaired) electrons. The number of benzene rings is 2. The van der Waals surface area contributed by atoms with Gasteiger partial charge in [-0.3, -0.25) is 0 Å². The van der Waals surface area contributed by atoms with Crippen LogP contribution < -0.4 is 0 Å². The van der Waals surface area contributed by atoms with Crippen molar-refractivity contribution >= 4 is 16.1 Å². The van der Waals surface area contributed by atoms with Crippen LogP contribution in [0.1, 0.15) is 31.0 Å². The molecule has 3 aromatic rings. The quantitative estimate of drug-likeness (QED) is 0.501. The molecule has 1 aromatic heterocycles. The maximum absolute atomic E-state index is 13.6. The zero-order chi connectivity index (χ0) is 22.1. The van der Waals surface area contributed by atoms with Gasteiger partial charge in [-0.05, 0) is 54.0 Å². The third kappa shape index (κ3) is 4.05. The van der Waals surface area contributed by atoms with Gasteiger partial charge in [-0.15, -0.1) is 0 Å². The molecule has 0 spiro atoms. The highest BCUT2D eigenvalue weighted by Crippen LogP contribution is 2.43. The molecule has 0 aliphatic carbocycles. The SMILES string of the molecule is CC(C)c1c(C=CC#N)c(-c2ccc(F)cc2)c(-c2ccc(F)cc2)n1S(C)(=O)=O. The highest BCUT2D eigenvalue weighted by molar-refractivity contribution is 7.89. The molecule has 154 valence electrons. The Labute approximate surface area is 174 Å². The number of hydrogen-bond acceptors (Lipinski definition) is 3. The lowest BCUT2D eigenvalue weighted by Gasteiger charge is -2.15. The maximum atomic E-state index is 13.6. The van der Waals surface area contributed by atoms with Gasteiger partial charge in [0.05, 0.1) is 18.0 Å². The first-order valence-electron chi connectivity index (χ1n) is 9.22. The van der Waals surface area contributed by atoms with Gasteiger partial charge >= 0.3 is 0 Å². The van der Waals surface area contributed by atoms with Gasteiger partial charge in [0.2, 0.25) is 10.0 Å². The Hall–Kier alpha value is -3.24. The highest BCUT2D eigenvalue weighted by Gasteiger charge is 2.29. The second-order valence-corrected chi connectivity index (χ2v) is 9.01. The van der Waals surface area contributed by atoms with Crippen LogP contribution in [0.2, 0.25) is 0 Å². The van der Waals surface area contributed by atoms with Gasteiger partial charge in [-0.1, -0.05) is 26.0 Å². The van der Waals surface area contributed by atoms with Crippen LogP contribution in [0.3, 0.4) is 0 Å². The summed E-state index contributed by atoms with van der Waals surface area (Å²) in [5.41, 5.74) is 2.97. The molecule has 0 fully saturated rings. The Morgan fingerprint density at radius 2 is 1.47 bits per heavy atom. The van der Waals surface area contributed by atoms with Crippen LogP contribution in [-0.4, -0.2) is 18.6 Å². The summed E-state index contributed by atoms with van der Waals surface area (Å²) in [6.07, 6.45) is 3.93. The number of rotatable bonds is 5. The fourth-order valence-electron chi connectivity index (χ4n) is 3.54. The number of halogens is 2. The predicted octanol–water partition coefficient (Wildman–Crippen LogP) is 5.57. The minimum absolute atomic E-state index is 0.216. The molecule has 0 unspecified atom stereocenters. The molecule has 2 aromatic carbocycles. The second-order valence-electron chi connectivity index (χ2n) is 7.18. The first kappa shape index (κ1) is 21.5. The summed E-state index contributed by atoms with van der Waals surface area (Å²) < 4.78 is 54.2. The summed E-state index contributed by atoms with van der Waals surface area (Å²) in [6.45, 7) is 3.70. The normalized spacial score (nSPS) is 11.9. The largest absolute Gasteiger partial charge is 0.241 e. The van der Waals surface area contributed by atoms with E-state index < -0.39 is 21.7 Å². The third-order valence-electron chi connectivity index (χ3n) is 4.66. The number of nitriles is 1.